The molecule has 0 fully saturated rings. The Balaban J connectivity index is 2.58. The number of hydrogen-bond acceptors (Lipinski definition) is 2. The van der Waals surface area contributed by atoms with Gasteiger partial charge >= 0.3 is 0 Å². The second-order valence-corrected chi connectivity index (χ2v) is 4.16. The molecule has 56 valence electrons. The monoisotopic (exact) mass is 175 g/mol. The summed E-state index contributed by atoms with van der Waals surface area (Å²) in [5.41, 5.74) is 1.12. The summed E-state index contributed by atoms with van der Waals surface area (Å²) in [7, 11) is 0. The molecule has 1 rings (SSSR count). The molecule has 0 spiro atoms. The molecule has 0 amide bonds. The van der Waals surface area contributed by atoms with Crippen molar-refractivity contribution in [3.05, 3.63) is 16.1 Å². The van der Waals surface area contributed by atoms with Gasteiger partial charge in [-0.05, 0) is 29.9 Å². The van der Waals surface area contributed by atoms with E-state index in [4.69, 9.17) is 11.6 Å². The lowest BCUT2D eigenvalue weighted by Crippen LogP contribution is -1.92. The molecule has 0 radical (unpaired) electrons. The largest absolute Gasteiger partial charge is 0.196 e. The maximum absolute atomic E-state index is 5.70. The highest BCUT2D eigenvalue weighted by molar-refractivity contribution is 7.10. The molecule has 0 saturated heterocycles. The fraction of sp³-hybridized carbons (Fsp3) is 0.571. The maximum Gasteiger partial charge on any atom is 0.114 e. The van der Waals surface area contributed by atoms with Gasteiger partial charge in [0.15, 0.2) is 0 Å². The van der Waals surface area contributed by atoms with Crippen molar-refractivity contribution in [1.29, 1.82) is 0 Å². The lowest BCUT2D eigenvalue weighted by atomic mass is 10.1. The van der Waals surface area contributed by atoms with Crippen LogP contribution in [0.25, 0.3) is 0 Å². The normalized spacial score (nSPS) is 10.8. The fourth-order valence-electron chi connectivity index (χ4n) is 0.800. The summed E-state index contributed by atoms with van der Waals surface area (Å²) in [5, 5.41) is 0. The summed E-state index contributed by atoms with van der Waals surface area (Å²) in [6.45, 7) is 4.35. The highest BCUT2D eigenvalue weighted by Crippen LogP contribution is 2.17. The van der Waals surface area contributed by atoms with Gasteiger partial charge in [0.25, 0.3) is 0 Å². The number of rotatable bonds is 2. The lowest BCUT2D eigenvalue weighted by molar-refractivity contribution is 0.639. The highest BCUT2D eigenvalue weighted by Gasteiger charge is 2.01. The van der Waals surface area contributed by atoms with Gasteiger partial charge in [-0.25, -0.2) is 0 Å². The third kappa shape index (κ3) is 2.27. The van der Waals surface area contributed by atoms with Crippen molar-refractivity contribution in [2.24, 2.45) is 5.92 Å². The average molecular weight is 176 g/mol. The van der Waals surface area contributed by atoms with Gasteiger partial charge < -0.3 is 0 Å². The van der Waals surface area contributed by atoms with E-state index in [1.54, 1.807) is 0 Å². The van der Waals surface area contributed by atoms with E-state index in [9.17, 15) is 0 Å². The van der Waals surface area contributed by atoms with Crippen LogP contribution in [0.3, 0.4) is 0 Å². The number of halogens is 1. The smallest absolute Gasteiger partial charge is 0.114 e. The highest BCUT2D eigenvalue weighted by atomic mass is 35.5. The Labute approximate surface area is 70.2 Å². The maximum atomic E-state index is 5.70. The van der Waals surface area contributed by atoms with E-state index in [2.05, 4.69) is 18.2 Å². The van der Waals surface area contributed by atoms with Crippen LogP contribution in [0.4, 0.5) is 0 Å². The molecule has 1 aromatic heterocycles. The minimum absolute atomic E-state index is 0.665. The second-order valence-electron chi connectivity index (χ2n) is 2.72. The zero-order chi connectivity index (χ0) is 7.56. The molecular formula is C7H10ClNS. The quantitative estimate of drug-likeness (QED) is 0.674. The van der Waals surface area contributed by atoms with Crippen LogP contribution in [0.2, 0.25) is 4.34 Å². The van der Waals surface area contributed by atoms with E-state index >= 15 is 0 Å². The summed E-state index contributed by atoms with van der Waals surface area (Å²) in [5.74, 6) is 0.665. The first-order valence-corrected chi connectivity index (χ1v) is 4.44. The Kier molecular flexibility index (Phi) is 2.69. The molecule has 0 bridgehead atoms. The molecule has 1 nitrogen and oxygen atoms in total. The van der Waals surface area contributed by atoms with Crippen molar-refractivity contribution >= 4 is 23.1 Å². The van der Waals surface area contributed by atoms with Gasteiger partial charge in [-0.2, -0.15) is 4.37 Å². The third-order valence-corrected chi connectivity index (χ3v) is 2.08. The Morgan fingerprint density at radius 3 is 2.80 bits per heavy atom. The van der Waals surface area contributed by atoms with Gasteiger partial charge in [0.2, 0.25) is 0 Å². The van der Waals surface area contributed by atoms with Gasteiger partial charge in [0.05, 0.1) is 5.69 Å². The Bertz CT molecular complexity index is 207. The van der Waals surface area contributed by atoms with Crippen molar-refractivity contribution in [1.82, 2.24) is 4.37 Å². The van der Waals surface area contributed by atoms with Crippen LogP contribution >= 0.6 is 23.1 Å². The van der Waals surface area contributed by atoms with Gasteiger partial charge in [-0.15, -0.1) is 0 Å². The molecule has 1 heterocycles. The second kappa shape index (κ2) is 3.35. The fourth-order valence-corrected chi connectivity index (χ4v) is 1.55. The van der Waals surface area contributed by atoms with E-state index < -0.39 is 0 Å². The van der Waals surface area contributed by atoms with Crippen LogP contribution < -0.4 is 0 Å². The number of hydrogen-bond donors (Lipinski definition) is 0. The number of aromatic nitrogens is 1. The number of nitrogens with zero attached hydrogens (tertiary/aromatic N) is 1. The first-order chi connectivity index (χ1) is 4.68. The molecule has 0 aliphatic carbocycles. The van der Waals surface area contributed by atoms with Crippen molar-refractivity contribution < 1.29 is 0 Å². The van der Waals surface area contributed by atoms with E-state index in [0.717, 1.165) is 16.5 Å². The van der Waals surface area contributed by atoms with Crippen molar-refractivity contribution in [3.63, 3.8) is 0 Å². The summed E-state index contributed by atoms with van der Waals surface area (Å²) in [4.78, 5) is 0. The summed E-state index contributed by atoms with van der Waals surface area (Å²) in [6.07, 6.45) is 1.03. The zero-order valence-electron chi connectivity index (χ0n) is 6.10. The topological polar surface area (TPSA) is 12.9 Å². The molecule has 0 aromatic carbocycles. The Morgan fingerprint density at radius 2 is 2.40 bits per heavy atom. The SMILES string of the molecule is CC(C)Cc1cc(Cl)sn1. The van der Waals surface area contributed by atoms with Crippen molar-refractivity contribution in [2.45, 2.75) is 20.3 Å². The molecule has 1 aromatic rings. The molecule has 0 aliphatic rings. The zero-order valence-corrected chi connectivity index (χ0v) is 7.67. The first-order valence-electron chi connectivity index (χ1n) is 3.29. The minimum atomic E-state index is 0.665. The van der Waals surface area contributed by atoms with Crippen LogP contribution in [0.1, 0.15) is 19.5 Å². The van der Waals surface area contributed by atoms with Crippen molar-refractivity contribution in [3.8, 4) is 0 Å². The van der Waals surface area contributed by atoms with Gasteiger partial charge in [0, 0.05) is 0 Å². The molecule has 3 heteroatoms. The molecule has 0 atom stereocenters. The summed E-state index contributed by atoms with van der Waals surface area (Å²) >= 11 is 7.06. The minimum Gasteiger partial charge on any atom is -0.196 e. The summed E-state index contributed by atoms with van der Waals surface area (Å²) in [6, 6.07) is 1.94. The van der Waals surface area contributed by atoms with Crippen LogP contribution in [-0.4, -0.2) is 4.37 Å². The molecule has 10 heavy (non-hydrogen) atoms. The van der Waals surface area contributed by atoms with Gasteiger partial charge in [-0.3, -0.25) is 0 Å². The third-order valence-electron chi connectivity index (χ3n) is 1.15. The van der Waals surface area contributed by atoms with Gasteiger partial charge in [-0.1, -0.05) is 25.4 Å². The van der Waals surface area contributed by atoms with Crippen LogP contribution in [0.5, 0.6) is 0 Å². The Hall–Kier alpha value is -0.0800. The van der Waals surface area contributed by atoms with E-state index in [0.29, 0.717) is 5.92 Å². The molecule has 0 unspecified atom stereocenters. The van der Waals surface area contributed by atoms with E-state index in [1.165, 1.54) is 11.5 Å². The van der Waals surface area contributed by atoms with Crippen LogP contribution in [0, 0.1) is 5.92 Å². The predicted molar refractivity (Wildman–Crippen MR) is 45.7 cm³/mol. The molecule has 0 saturated carbocycles. The molecule has 0 aliphatic heterocycles. The van der Waals surface area contributed by atoms with E-state index in [-0.39, 0.29) is 0 Å². The molecule has 0 N–H and O–H groups in total. The van der Waals surface area contributed by atoms with Crippen LogP contribution in [-0.2, 0) is 6.42 Å². The van der Waals surface area contributed by atoms with Crippen molar-refractivity contribution in [2.75, 3.05) is 0 Å². The first kappa shape index (κ1) is 8.02. The summed E-state index contributed by atoms with van der Waals surface area (Å²) < 4.78 is 4.95. The standard InChI is InChI=1S/C7H10ClNS/c1-5(2)3-6-4-7(8)10-9-6/h4-5H,3H2,1-2H3. The molecular weight excluding hydrogens is 166 g/mol. The van der Waals surface area contributed by atoms with Crippen LogP contribution in [0.15, 0.2) is 6.07 Å². The Morgan fingerprint density at radius 1 is 1.70 bits per heavy atom. The van der Waals surface area contributed by atoms with E-state index in [1.807, 2.05) is 6.07 Å². The lowest BCUT2D eigenvalue weighted by Gasteiger charge is -1.97. The van der Waals surface area contributed by atoms with Gasteiger partial charge in [0.1, 0.15) is 4.34 Å². The predicted octanol–water partition coefficient (Wildman–Crippen LogP) is 3.00. The average Bonchev–Trinajstić information content (AvgIpc) is 2.13.